The van der Waals surface area contributed by atoms with E-state index in [-0.39, 0.29) is 18.3 Å². The summed E-state index contributed by atoms with van der Waals surface area (Å²) >= 11 is 0. The van der Waals surface area contributed by atoms with Crippen molar-refractivity contribution in [2.45, 2.75) is 38.7 Å². The van der Waals surface area contributed by atoms with E-state index in [9.17, 15) is 4.79 Å². The van der Waals surface area contributed by atoms with Crippen molar-refractivity contribution in [2.75, 3.05) is 28.1 Å². The van der Waals surface area contributed by atoms with Gasteiger partial charge in [-0.1, -0.05) is 23.5 Å². The molecule has 0 heterocycles. The Morgan fingerprint density at radius 1 is 1.23 bits per heavy atom. The van der Waals surface area contributed by atoms with Gasteiger partial charge in [-0.05, 0) is 26.7 Å². The van der Waals surface area contributed by atoms with Crippen LogP contribution >= 0.6 is 0 Å². The zero-order valence-electron chi connectivity index (χ0n) is 13.9. The van der Waals surface area contributed by atoms with Crippen LogP contribution in [0.4, 0.5) is 0 Å². The third-order valence-electron chi connectivity index (χ3n) is 3.18. The number of ketones is 1. The number of methoxy groups -OCH3 is 3. The minimum absolute atomic E-state index is 0.0535. The molecule has 0 amide bonds. The lowest BCUT2D eigenvalue weighted by atomic mass is 9.83. The summed E-state index contributed by atoms with van der Waals surface area (Å²) in [5, 5.41) is 0. The highest BCUT2D eigenvalue weighted by Gasteiger charge is 2.58. The number of unbranched alkanes of at least 4 members (excludes halogenated alkanes) is 2. The van der Waals surface area contributed by atoms with E-state index >= 15 is 0 Å². The number of carbonyl (C=O) groups is 1. The van der Waals surface area contributed by atoms with Crippen molar-refractivity contribution in [3.05, 3.63) is 23.2 Å². The van der Waals surface area contributed by atoms with E-state index < -0.39 is 5.60 Å². The zero-order valence-corrected chi connectivity index (χ0v) is 13.9. The maximum atomic E-state index is 12.2. The van der Waals surface area contributed by atoms with Crippen LogP contribution in [0.1, 0.15) is 33.1 Å². The molecule has 122 valence electrons. The maximum Gasteiger partial charge on any atom is 0.259 e. The van der Waals surface area contributed by atoms with Crippen molar-refractivity contribution in [1.29, 1.82) is 0 Å². The first-order valence-electron chi connectivity index (χ1n) is 7.17. The van der Waals surface area contributed by atoms with E-state index in [1.54, 1.807) is 0 Å². The summed E-state index contributed by atoms with van der Waals surface area (Å²) < 4.78 is 20.6. The van der Waals surface area contributed by atoms with Crippen LogP contribution in [-0.4, -0.2) is 39.5 Å². The summed E-state index contributed by atoms with van der Waals surface area (Å²) in [6.07, 6.45) is 4.73. The van der Waals surface area contributed by atoms with Crippen molar-refractivity contribution >= 4 is 5.78 Å². The molecule has 1 aliphatic carbocycles. The number of rotatable bonds is 8. The molecule has 1 aliphatic rings. The van der Waals surface area contributed by atoms with Crippen LogP contribution in [0.15, 0.2) is 23.2 Å². The van der Waals surface area contributed by atoms with Crippen LogP contribution in [0, 0.1) is 11.8 Å². The van der Waals surface area contributed by atoms with Gasteiger partial charge < -0.3 is 18.9 Å². The quantitative estimate of drug-likeness (QED) is 0.298. The topological polar surface area (TPSA) is 54.0 Å². The predicted octanol–water partition coefficient (Wildman–Crippen LogP) is 2.57. The average molecular weight is 308 g/mol. The smallest absolute Gasteiger partial charge is 0.259 e. The monoisotopic (exact) mass is 308 g/mol. The van der Waals surface area contributed by atoms with Crippen molar-refractivity contribution in [3.8, 4) is 11.8 Å². The summed E-state index contributed by atoms with van der Waals surface area (Å²) in [7, 11) is 4.36. The van der Waals surface area contributed by atoms with Crippen LogP contribution in [0.5, 0.6) is 0 Å². The van der Waals surface area contributed by atoms with Gasteiger partial charge in [0, 0.05) is 13.5 Å². The Morgan fingerprint density at radius 2 is 1.95 bits per heavy atom. The van der Waals surface area contributed by atoms with Crippen LogP contribution < -0.4 is 0 Å². The molecule has 0 spiro atoms. The fraction of sp³-hybridized carbons (Fsp3) is 0.588. The SMILES string of the molecule is COCOC1(C#CCCCC=C(C)C)C(=O)C(OC)=C1OC. The first kappa shape index (κ1) is 18.3. The van der Waals surface area contributed by atoms with E-state index in [2.05, 4.69) is 31.8 Å². The Morgan fingerprint density at radius 3 is 2.50 bits per heavy atom. The third-order valence-corrected chi connectivity index (χ3v) is 3.18. The average Bonchev–Trinajstić information content (AvgIpc) is 2.50. The summed E-state index contributed by atoms with van der Waals surface area (Å²) in [4.78, 5) is 12.2. The van der Waals surface area contributed by atoms with E-state index in [1.165, 1.54) is 26.9 Å². The summed E-state index contributed by atoms with van der Waals surface area (Å²) in [5.74, 6) is 6.00. The highest BCUT2D eigenvalue weighted by molar-refractivity contribution is 6.12. The van der Waals surface area contributed by atoms with Crippen molar-refractivity contribution in [3.63, 3.8) is 0 Å². The number of hydrogen-bond acceptors (Lipinski definition) is 5. The number of carbonyl (C=O) groups excluding carboxylic acids is 1. The molecule has 0 aliphatic heterocycles. The van der Waals surface area contributed by atoms with Gasteiger partial charge >= 0.3 is 0 Å². The minimum Gasteiger partial charge on any atom is -0.493 e. The lowest BCUT2D eigenvalue weighted by molar-refractivity contribution is -0.160. The van der Waals surface area contributed by atoms with Crippen LogP contribution in [0.25, 0.3) is 0 Å². The Labute approximate surface area is 132 Å². The number of ether oxygens (including phenoxy) is 4. The predicted molar refractivity (Wildman–Crippen MR) is 82.8 cm³/mol. The Balaban J connectivity index is 2.81. The Bertz CT molecular complexity index is 517. The van der Waals surface area contributed by atoms with Gasteiger partial charge in [-0.15, -0.1) is 0 Å². The lowest BCUT2D eigenvalue weighted by Crippen LogP contribution is -2.53. The molecule has 1 atom stereocenters. The van der Waals surface area contributed by atoms with Gasteiger partial charge in [0.1, 0.15) is 6.79 Å². The van der Waals surface area contributed by atoms with Gasteiger partial charge in [0.05, 0.1) is 14.2 Å². The van der Waals surface area contributed by atoms with Gasteiger partial charge in [-0.25, -0.2) is 0 Å². The molecular formula is C17H24O5. The standard InChI is InChI=1S/C17H24O5/c1-13(2)10-8-6-7-9-11-17(22-12-19-3)15(18)14(20-4)16(17)21-5/h10H,6-8,12H2,1-5H3. The fourth-order valence-electron chi connectivity index (χ4n) is 2.08. The summed E-state index contributed by atoms with van der Waals surface area (Å²) in [5.41, 5.74) is -0.108. The van der Waals surface area contributed by atoms with Gasteiger partial charge in [0.25, 0.3) is 11.4 Å². The van der Waals surface area contributed by atoms with Crippen LogP contribution in [0.3, 0.4) is 0 Å². The van der Waals surface area contributed by atoms with Gasteiger partial charge in [-0.3, -0.25) is 4.79 Å². The molecule has 0 radical (unpaired) electrons. The van der Waals surface area contributed by atoms with E-state index in [0.717, 1.165) is 12.8 Å². The number of Topliss-reactive ketones (excluding diaryl/α,β-unsaturated/α-hetero) is 1. The number of allylic oxidation sites excluding steroid dienone is 2. The molecule has 0 saturated heterocycles. The van der Waals surface area contributed by atoms with E-state index in [4.69, 9.17) is 18.9 Å². The normalized spacial score (nSPS) is 20.0. The molecule has 0 aromatic rings. The third kappa shape index (κ3) is 3.90. The Hall–Kier alpha value is -1.77. The summed E-state index contributed by atoms with van der Waals surface area (Å²) in [6, 6.07) is 0. The molecule has 0 bridgehead atoms. The molecule has 0 N–H and O–H groups in total. The van der Waals surface area contributed by atoms with Crippen molar-refractivity contribution < 1.29 is 23.7 Å². The highest BCUT2D eigenvalue weighted by atomic mass is 16.7. The minimum atomic E-state index is -1.40. The van der Waals surface area contributed by atoms with Crippen LogP contribution in [-0.2, 0) is 23.7 Å². The van der Waals surface area contributed by atoms with E-state index in [0.29, 0.717) is 12.2 Å². The molecule has 0 aromatic carbocycles. The molecule has 0 aromatic heterocycles. The summed E-state index contributed by atoms with van der Waals surface area (Å²) in [6.45, 7) is 4.07. The van der Waals surface area contributed by atoms with Gasteiger partial charge in [0.2, 0.25) is 5.76 Å². The lowest BCUT2D eigenvalue weighted by Gasteiger charge is -2.36. The van der Waals surface area contributed by atoms with Crippen LogP contribution in [0.2, 0.25) is 0 Å². The van der Waals surface area contributed by atoms with Gasteiger partial charge in [0.15, 0.2) is 5.76 Å². The Kier molecular flexibility index (Phi) is 7.16. The molecule has 0 saturated carbocycles. The zero-order chi connectivity index (χ0) is 16.6. The molecule has 22 heavy (non-hydrogen) atoms. The molecule has 5 heteroatoms. The number of hydrogen-bond donors (Lipinski definition) is 0. The van der Waals surface area contributed by atoms with Crippen molar-refractivity contribution in [2.24, 2.45) is 0 Å². The first-order valence-corrected chi connectivity index (χ1v) is 7.17. The molecule has 1 unspecified atom stereocenters. The molecule has 5 nitrogen and oxygen atoms in total. The highest BCUT2D eigenvalue weighted by Crippen LogP contribution is 2.39. The molecular weight excluding hydrogens is 284 g/mol. The molecule has 0 fully saturated rings. The first-order chi connectivity index (χ1) is 10.5. The second-order valence-corrected chi connectivity index (χ2v) is 5.10. The van der Waals surface area contributed by atoms with Gasteiger partial charge in [-0.2, -0.15) is 0 Å². The second kappa shape index (κ2) is 8.62. The van der Waals surface area contributed by atoms with Crippen molar-refractivity contribution in [1.82, 2.24) is 0 Å². The second-order valence-electron chi connectivity index (χ2n) is 5.10. The van der Waals surface area contributed by atoms with E-state index in [1.807, 2.05) is 0 Å². The fourth-order valence-corrected chi connectivity index (χ4v) is 2.08. The maximum absolute atomic E-state index is 12.2. The largest absolute Gasteiger partial charge is 0.493 e. The molecule has 1 rings (SSSR count).